The van der Waals surface area contributed by atoms with Gasteiger partial charge < -0.3 is 10.2 Å². The molecule has 0 aromatic heterocycles. The zero-order chi connectivity index (χ0) is 18.9. The molecule has 1 N–H and O–H groups in total. The fraction of sp³-hybridized carbons (Fsp3) is 0.913. The Morgan fingerprint density at radius 1 is 0.704 bits per heavy atom. The Hall–Kier alpha value is -1.06. The molecule has 1 aliphatic heterocycles. The van der Waals surface area contributed by atoms with Crippen LogP contribution in [0.2, 0.25) is 0 Å². The molecule has 3 rings (SSSR count). The molecule has 2 aliphatic carbocycles. The molecule has 3 aliphatic rings. The zero-order valence-corrected chi connectivity index (χ0v) is 17.2. The van der Waals surface area contributed by atoms with Gasteiger partial charge in [-0.25, -0.2) is 0 Å². The van der Waals surface area contributed by atoms with Crippen LogP contribution in [-0.4, -0.2) is 35.8 Å². The maximum atomic E-state index is 12.5. The second-order valence-corrected chi connectivity index (χ2v) is 9.31. The number of likely N-dealkylation sites (tertiary alicyclic amines) is 1. The fourth-order valence-electron chi connectivity index (χ4n) is 5.35. The van der Waals surface area contributed by atoms with E-state index in [-0.39, 0.29) is 11.9 Å². The number of hydrogen-bond acceptors (Lipinski definition) is 2. The van der Waals surface area contributed by atoms with Crippen LogP contribution in [0, 0.1) is 11.8 Å². The molecule has 154 valence electrons. The normalized spacial score (nSPS) is 23.3. The zero-order valence-electron chi connectivity index (χ0n) is 17.2. The molecule has 0 aromatic rings. The van der Waals surface area contributed by atoms with Crippen LogP contribution in [-0.2, 0) is 9.59 Å². The van der Waals surface area contributed by atoms with E-state index in [1.165, 1.54) is 64.2 Å². The number of rotatable bonds is 7. The van der Waals surface area contributed by atoms with E-state index < -0.39 is 0 Å². The van der Waals surface area contributed by atoms with E-state index in [4.69, 9.17) is 0 Å². The molecule has 0 aromatic carbocycles. The third kappa shape index (κ3) is 7.12. The summed E-state index contributed by atoms with van der Waals surface area (Å²) < 4.78 is 0. The topological polar surface area (TPSA) is 49.4 Å². The van der Waals surface area contributed by atoms with Crippen molar-refractivity contribution in [1.82, 2.24) is 10.2 Å². The van der Waals surface area contributed by atoms with E-state index in [0.29, 0.717) is 12.3 Å². The second kappa shape index (κ2) is 11.1. The van der Waals surface area contributed by atoms with Gasteiger partial charge in [-0.15, -0.1) is 0 Å². The van der Waals surface area contributed by atoms with Crippen molar-refractivity contribution in [3.05, 3.63) is 0 Å². The lowest BCUT2D eigenvalue weighted by atomic mass is 9.86. The molecule has 27 heavy (non-hydrogen) atoms. The van der Waals surface area contributed by atoms with E-state index in [1.54, 1.807) is 0 Å². The predicted molar refractivity (Wildman–Crippen MR) is 109 cm³/mol. The second-order valence-electron chi connectivity index (χ2n) is 9.31. The molecule has 4 heteroatoms. The number of nitrogens with zero attached hydrogens (tertiary/aromatic N) is 1. The first-order chi connectivity index (χ1) is 13.2. The number of hydrogen-bond donors (Lipinski definition) is 1. The number of carbonyl (C=O) groups excluding carboxylic acids is 2. The van der Waals surface area contributed by atoms with Gasteiger partial charge in [-0.2, -0.15) is 0 Å². The lowest BCUT2D eigenvalue weighted by Crippen LogP contribution is -2.46. The van der Waals surface area contributed by atoms with Gasteiger partial charge in [0.2, 0.25) is 11.8 Å². The molecule has 0 atom stereocenters. The van der Waals surface area contributed by atoms with Crippen molar-refractivity contribution < 1.29 is 9.59 Å². The van der Waals surface area contributed by atoms with Gasteiger partial charge in [-0.1, -0.05) is 64.2 Å². The maximum absolute atomic E-state index is 12.5. The highest BCUT2D eigenvalue weighted by molar-refractivity contribution is 5.77. The summed E-state index contributed by atoms with van der Waals surface area (Å²) >= 11 is 0. The lowest BCUT2D eigenvalue weighted by Gasteiger charge is -2.33. The molecule has 1 saturated heterocycles. The Bertz CT molecular complexity index is 459. The van der Waals surface area contributed by atoms with E-state index in [0.717, 1.165) is 57.0 Å². The van der Waals surface area contributed by atoms with E-state index in [2.05, 4.69) is 5.32 Å². The fourth-order valence-corrected chi connectivity index (χ4v) is 5.35. The highest BCUT2D eigenvalue weighted by Crippen LogP contribution is 2.28. The molecule has 0 bridgehead atoms. The number of amides is 2. The molecule has 3 fully saturated rings. The smallest absolute Gasteiger partial charge is 0.222 e. The summed E-state index contributed by atoms with van der Waals surface area (Å²) in [6.07, 6.45) is 18.8. The molecule has 4 nitrogen and oxygen atoms in total. The van der Waals surface area contributed by atoms with Gasteiger partial charge >= 0.3 is 0 Å². The van der Waals surface area contributed by atoms with Gasteiger partial charge in [0.05, 0.1) is 0 Å². The van der Waals surface area contributed by atoms with Crippen LogP contribution >= 0.6 is 0 Å². The van der Waals surface area contributed by atoms with Crippen molar-refractivity contribution in [2.24, 2.45) is 11.8 Å². The molecule has 2 saturated carbocycles. The molecule has 1 heterocycles. The summed E-state index contributed by atoms with van der Waals surface area (Å²) in [5.41, 5.74) is 0. The van der Waals surface area contributed by atoms with Crippen molar-refractivity contribution in [3.8, 4) is 0 Å². The minimum absolute atomic E-state index is 0.225. The summed E-state index contributed by atoms with van der Waals surface area (Å²) in [6, 6.07) is 0.270. The summed E-state index contributed by atoms with van der Waals surface area (Å²) in [4.78, 5) is 26.8. The minimum Gasteiger partial charge on any atom is -0.353 e. The van der Waals surface area contributed by atoms with Gasteiger partial charge in [0.15, 0.2) is 0 Å². The Labute approximate surface area is 165 Å². The monoisotopic (exact) mass is 376 g/mol. The van der Waals surface area contributed by atoms with Crippen LogP contribution in [0.5, 0.6) is 0 Å². The van der Waals surface area contributed by atoms with Crippen LogP contribution in [0.25, 0.3) is 0 Å². The summed E-state index contributed by atoms with van der Waals surface area (Å²) in [5, 5.41) is 3.22. The molecular weight excluding hydrogens is 336 g/mol. The number of piperidine rings is 1. The molecule has 0 unspecified atom stereocenters. The van der Waals surface area contributed by atoms with E-state index in [1.807, 2.05) is 4.90 Å². The largest absolute Gasteiger partial charge is 0.353 e. The highest BCUT2D eigenvalue weighted by atomic mass is 16.2. The van der Waals surface area contributed by atoms with Crippen LogP contribution in [0.3, 0.4) is 0 Å². The SMILES string of the molecule is O=C(CCC1CCCCC1)NC1CCN(C(=O)CCC2CCCCC2)CC1. The van der Waals surface area contributed by atoms with Crippen LogP contribution in [0.4, 0.5) is 0 Å². The first kappa shape index (κ1) is 20.7. The van der Waals surface area contributed by atoms with Gasteiger partial charge in [0.1, 0.15) is 0 Å². The first-order valence-electron chi connectivity index (χ1n) is 11.8. The first-order valence-corrected chi connectivity index (χ1v) is 11.8. The average Bonchev–Trinajstić information content (AvgIpc) is 2.72. The van der Waals surface area contributed by atoms with Gasteiger partial charge in [0, 0.05) is 32.0 Å². The van der Waals surface area contributed by atoms with Crippen molar-refractivity contribution in [2.75, 3.05) is 13.1 Å². The Morgan fingerprint density at radius 2 is 1.22 bits per heavy atom. The summed E-state index contributed by atoms with van der Waals surface area (Å²) in [7, 11) is 0. The van der Waals surface area contributed by atoms with Gasteiger partial charge in [-0.3, -0.25) is 9.59 Å². The lowest BCUT2D eigenvalue weighted by molar-refractivity contribution is -0.132. The predicted octanol–water partition coefficient (Wildman–Crippen LogP) is 4.81. The van der Waals surface area contributed by atoms with Crippen LogP contribution in [0.15, 0.2) is 0 Å². The Morgan fingerprint density at radius 3 is 1.78 bits per heavy atom. The van der Waals surface area contributed by atoms with E-state index >= 15 is 0 Å². The van der Waals surface area contributed by atoms with Crippen LogP contribution < -0.4 is 5.32 Å². The maximum Gasteiger partial charge on any atom is 0.222 e. The number of carbonyl (C=O) groups is 2. The molecular formula is C23H40N2O2. The standard InChI is InChI=1S/C23H40N2O2/c26-22(13-11-19-7-3-1-4-8-19)24-21-15-17-25(18-16-21)23(27)14-12-20-9-5-2-6-10-20/h19-21H,1-18H2,(H,24,26). The average molecular weight is 377 g/mol. The Kier molecular flexibility index (Phi) is 8.47. The van der Waals surface area contributed by atoms with Crippen molar-refractivity contribution >= 4 is 11.8 Å². The summed E-state index contributed by atoms with van der Waals surface area (Å²) in [5.74, 6) is 2.11. The molecule has 0 radical (unpaired) electrons. The third-order valence-electron chi connectivity index (χ3n) is 7.21. The van der Waals surface area contributed by atoms with Crippen molar-refractivity contribution in [2.45, 2.75) is 109 Å². The van der Waals surface area contributed by atoms with Crippen molar-refractivity contribution in [1.29, 1.82) is 0 Å². The Balaban J connectivity index is 1.27. The van der Waals surface area contributed by atoms with Crippen LogP contribution in [0.1, 0.15) is 103 Å². The highest BCUT2D eigenvalue weighted by Gasteiger charge is 2.25. The van der Waals surface area contributed by atoms with Gasteiger partial charge in [0.25, 0.3) is 0 Å². The summed E-state index contributed by atoms with van der Waals surface area (Å²) in [6.45, 7) is 1.63. The quantitative estimate of drug-likeness (QED) is 0.693. The van der Waals surface area contributed by atoms with Gasteiger partial charge in [-0.05, 0) is 37.5 Å². The van der Waals surface area contributed by atoms with Crippen molar-refractivity contribution in [3.63, 3.8) is 0 Å². The molecule has 2 amide bonds. The van der Waals surface area contributed by atoms with E-state index in [9.17, 15) is 9.59 Å². The number of nitrogens with one attached hydrogen (secondary N) is 1. The third-order valence-corrected chi connectivity index (χ3v) is 7.21. The molecule has 0 spiro atoms. The minimum atomic E-state index is 0.225.